The van der Waals surface area contributed by atoms with E-state index in [9.17, 15) is 0 Å². The van der Waals surface area contributed by atoms with Crippen molar-refractivity contribution in [3.05, 3.63) is 65.4 Å². The predicted octanol–water partition coefficient (Wildman–Crippen LogP) is 4.49. The normalized spacial score (nSPS) is 10.5. The fourth-order valence-electron chi connectivity index (χ4n) is 1.75. The maximum absolute atomic E-state index is 5.85. The number of halogens is 1. The topological polar surface area (TPSA) is 53.6 Å². The lowest BCUT2D eigenvalue weighted by molar-refractivity contribution is 1.03. The lowest BCUT2D eigenvalue weighted by Gasteiger charge is -2.00. The third kappa shape index (κ3) is 4.00. The molecule has 0 aliphatic carbocycles. The van der Waals surface area contributed by atoms with Gasteiger partial charge in [0, 0.05) is 15.6 Å². The highest BCUT2D eigenvalue weighted by atomic mass is 35.5. The van der Waals surface area contributed by atoms with Crippen molar-refractivity contribution in [1.29, 1.82) is 0 Å². The van der Waals surface area contributed by atoms with Crippen molar-refractivity contribution in [2.45, 2.75) is 10.6 Å². The lowest BCUT2D eigenvalue weighted by atomic mass is 10.3. The molecule has 21 heavy (non-hydrogen) atoms. The van der Waals surface area contributed by atoms with Gasteiger partial charge in [-0.1, -0.05) is 29.8 Å². The Bertz CT molecular complexity index is 697. The van der Waals surface area contributed by atoms with Crippen LogP contribution in [0.15, 0.2) is 59.5 Å². The second kappa shape index (κ2) is 6.65. The molecule has 2 aromatic carbocycles. The van der Waals surface area contributed by atoms with Crippen LogP contribution in [0.25, 0.3) is 0 Å². The Kier molecular flexibility index (Phi) is 4.43. The van der Waals surface area contributed by atoms with Gasteiger partial charge in [0.15, 0.2) is 0 Å². The number of rotatable bonds is 5. The molecule has 3 rings (SSSR count). The first-order valence-electron chi connectivity index (χ1n) is 6.41. The van der Waals surface area contributed by atoms with E-state index in [0.717, 1.165) is 17.3 Å². The number of H-pyrrole nitrogens is 1. The Morgan fingerprint density at radius 3 is 2.57 bits per heavy atom. The molecule has 0 aliphatic rings. The fraction of sp³-hybridized carbons (Fsp3) is 0.0667. The van der Waals surface area contributed by atoms with Gasteiger partial charge in [-0.05, 0) is 36.4 Å². The Balaban J connectivity index is 1.59. The summed E-state index contributed by atoms with van der Waals surface area (Å²) < 4.78 is 0. The van der Waals surface area contributed by atoms with Crippen LogP contribution in [0.3, 0.4) is 0 Å². The number of benzene rings is 2. The summed E-state index contributed by atoms with van der Waals surface area (Å²) in [6, 6.07) is 17.6. The smallest absolute Gasteiger partial charge is 0.246 e. The molecule has 0 spiro atoms. The summed E-state index contributed by atoms with van der Waals surface area (Å²) >= 11 is 7.57. The molecule has 0 saturated heterocycles. The van der Waals surface area contributed by atoms with Gasteiger partial charge < -0.3 is 5.32 Å². The molecule has 1 heterocycles. The monoisotopic (exact) mass is 316 g/mol. The standard InChI is InChI=1S/C15H13ClN4S/c16-11-6-8-12(9-7-11)17-15-18-14(19-20-15)10-21-13-4-2-1-3-5-13/h1-9H,10H2,(H2,17,18,19,20). The van der Waals surface area contributed by atoms with Crippen molar-refractivity contribution >= 4 is 35.0 Å². The molecule has 0 saturated carbocycles. The zero-order chi connectivity index (χ0) is 14.5. The van der Waals surface area contributed by atoms with Gasteiger partial charge in [-0.3, -0.25) is 5.10 Å². The molecule has 0 atom stereocenters. The summed E-state index contributed by atoms with van der Waals surface area (Å²) in [5, 5.41) is 10.9. The zero-order valence-electron chi connectivity index (χ0n) is 11.1. The zero-order valence-corrected chi connectivity index (χ0v) is 12.7. The second-order valence-corrected chi connectivity index (χ2v) is 5.82. The number of hydrogen-bond acceptors (Lipinski definition) is 4. The minimum Gasteiger partial charge on any atom is -0.323 e. The van der Waals surface area contributed by atoms with E-state index in [1.54, 1.807) is 11.8 Å². The van der Waals surface area contributed by atoms with E-state index in [2.05, 4.69) is 32.6 Å². The average Bonchev–Trinajstić information content (AvgIpc) is 2.96. The maximum atomic E-state index is 5.85. The van der Waals surface area contributed by atoms with Crippen LogP contribution in [0.2, 0.25) is 5.02 Å². The molecule has 0 amide bonds. The Labute approximate surface area is 132 Å². The molecular weight excluding hydrogens is 304 g/mol. The fourth-order valence-corrected chi connectivity index (χ4v) is 2.65. The van der Waals surface area contributed by atoms with Crippen molar-refractivity contribution in [2.24, 2.45) is 0 Å². The molecule has 0 bridgehead atoms. The number of anilines is 2. The van der Waals surface area contributed by atoms with Gasteiger partial charge in [0.1, 0.15) is 5.82 Å². The molecule has 6 heteroatoms. The predicted molar refractivity (Wildman–Crippen MR) is 87.1 cm³/mol. The quantitative estimate of drug-likeness (QED) is 0.681. The largest absolute Gasteiger partial charge is 0.323 e. The number of nitrogens with zero attached hydrogens (tertiary/aromatic N) is 2. The molecule has 0 aliphatic heterocycles. The molecule has 0 unspecified atom stereocenters. The molecule has 2 N–H and O–H groups in total. The van der Waals surface area contributed by atoms with E-state index in [4.69, 9.17) is 11.6 Å². The van der Waals surface area contributed by atoms with Crippen LogP contribution in [0.5, 0.6) is 0 Å². The van der Waals surface area contributed by atoms with E-state index in [1.165, 1.54) is 4.90 Å². The molecule has 1 aromatic heterocycles. The highest BCUT2D eigenvalue weighted by molar-refractivity contribution is 7.98. The van der Waals surface area contributed by atoms with Crippen LogP contribution < -0.4 is 5.32 Å². The summed E-state index contributed by atoms with van der Waals surface area (Å²) in [5.74, 6) is 2.14. The summed E-state index contributed by atoms with van der Waals surface area (Å²) in [6.07, 6.45) is 0. The van der Waals surface area contributed by atoms with Crippen molar-refractivity contribution in [3.63, 3.8) is 0 Å². The van der Waals surface area contributed by atoms with Gasteiger partial charge in [0.25, 0.3) is 0 Å². The Hall–Kier alpha value is -1.98. The molecule has 0 radical (unpaired) electrons. The Morgan fingerprint density at radius 1 is 1.05 bits per heavy atom. The molecule has 3 aromatic rings. The number of thioether (sulfide) groups is 1. The van der Waals surface area contributed by atoms with Crippen LogP contribution in [0.1, 0.15) is 5.82 Å². The number of hydrogen-bond donors (Lipinski definition) is 2. The number of aromatic amines is 1. The van der Waals surface area contributed by atoms with Gasteiger partial charge in [-0.2, -0.15) is 4.98 Å². The maximum Gasteiger partial charge on any atom is 0.246 e. The lowest BCUT2D eigenvalue weighted by Crippen LogP contribution is -1.92. The molecular formula is C15H13ClN4S. The summed E-state index contributed by atoms with van der Waals surface area (Å²) in [5.41, 5.74) is 0.903. The number of aromatic nitrogens is 3. The van der Waals surface area contributed by atoms with Gasteiger partial charge >= 0.3 is 0 Å². The van der Waals surface area contributed by atoms with Crippen LogP contribution >= 0.6 is 23.4 Å². The van der Waals surface area contributed by atoms with Crippen molar-refractivity contribution in [3.8, 4) is 0 Å². The van der Waals surface area contributed by atoms with Gasteiger partial charge in [0.05, 0.1) is 5.75 Å². The van der Waals surface area contributed by atoms with Crippen molar-refractivity contribution in [1.82, 2.24) is 15.2 Å². The first-order chi connectivity index (χ1) is 10.3. The van der Waals surface area contributed by atoms with E-state index < -0.39 is 0 Å². The Morgan fingerprint density at radius 2 is 1.81 bits per heavy atom. The van der Waals surface area contributed by atoms with Gasteiger partial charge in [-0.15, -0.1) is 16.9 Å². The van der Waals surface area contributed by atoms with E-state index in [-0.39, 0.29) is 0 Å². The van der Waals surface area contributed by atoms with Gasteiger partial charge in [0.2, 0.25) is 5.95 Å². The third-order valence-electron chi connectivity index (χ3n) is 2.75. The number of nitrogens with one attached hydrogen (secondary N) is 2. The highest BCUT2D eigenvalue weighted by Crippen LogP contribution is 2.21. The van der Waals surface area contributed by atoms with Crippen LogP contribution in [0, 0.1) is 0 Å². The minimum absolute atomic E-state index is 0.556. The molecule has 4 nitrogen and oxygen atoms in total. The summed E-state index contributed by atoms with van der Waals surface area (Å²) in [6.45, 7) is 0. The van der Waals surface area contributed by atoms with Crippen LogP contribution in [0.4, 0.5) is 11.6 Å². The SMILES string of the molecule is Clc1ccc(Nc2n[nH]c(CSc3ccccc3)n2)cc1. The second-order valence-electron chi connectivity index (χ2n) is 4.34. The molecule has 106 valence electrons. The summed E-state index contributed by atoms with van der Waals surface area (Å²) in [4.78, 5) is 5.62. The van der Waals surface area contributed by atoms with Gasteiger partial charge in [-0.25, -0.2) is 0 Å². The van der Waals surface area contributed by atoms with E-state index in [1.807, 2.05) is 42.5 Å². The van der Waals surface area contributed by atoms with Crippen molar-refractivity contribution < 1.29 is 0 Å². The summed E-state index contributed by atoms with van der Waals surface area (Å²) in [7, 11) is 0. The minimum atomic E-state index is 0.556. The van der Waals surface area contributed by atoms with Crippen LogP contribution in [-0.4, -0.2) is 15.2 Å². The first kappa shape index (κ1) is 14.0. The van der Waals surface area contributed by atoms with Crippen molar-refractivity contribution in [2.75, 3.05) is 5.32 Å². The highest BCUT2D eigenvalue weighted by Gasteiger charge is 2.04. The third-order valence-corrected chi connectivity index (χ3v) is 4.03. The van der Waals surface area contributed by atoms with E-state index in [0.29, 0.717) is 11.0 Å². The van der Waals surface area contributed by atoms with E-state index >= 15 is 0 Å². The average molecular weight is 317 g/mol. The first-order valence-corrected chi connectivity index (χ1v) is 7.78. The van der Waals surface area contributed by atoms with Crippen LogP contribution in [-0.2, 0) is 5.75 Å². The molecule has 0 fully saturated rings.